The van der Waals surface area contributed by atoms with Crippen LogP contribution in [0.3, 0.4) is 0 Å². The predicted molar refractivity (Wildman–Crippen MR) is 99.3 cm³/mol. The summed E-state index contributed by atoms with van der Waals surface area (Å²) in [4.78, 5) is 14.7. The Balaban J connectivity index is 1.78. The molecule has 1 aromatic carbocycles. The smallest absolute Gasteiger partial charge is 0.247 e. The SMILES string of the molecule is O=C(C=Cc1cccc(Br)c1)N(C1CCCC1)C1CCS(=O)(=O)C1. The lowest BCUT2D eigenvalue weighted by Crippen LogP contribution is -2.46. The molecule has 2 fully saturated rings. The van der Waals surface area contributed by atoms with Crippen LogP contribution in [0.5, 0.6) is 0 Å². The number of amides is 1. The minimum absolute atomic E-state index is 0.0658. The van der Waals surface area contributed by atoms with Gasteiger partial charge >= 0.3 is 0 Å². The zero-order chi connectivity index (χ0) is 17.2. The monoisotopic (exact) mass is 411 g/mol. The minimum Gasteiger partial charge on any atom is -0.332 e. The molecular weight excluding hydrogens is 390 g/mol. The van der Waals surface area contributed by atoms with Crippen LogP contribution in [-0.2, 0) is 14.6 Å². The second-order valence-corrected chi connectivity index (χ2v) is 9.77. The zero-order valence-corrected chi connectivity index (χ0v) is 15.9. The van der Waals surface area contributed by atoms with Gasteiger partial charge in [-0.1, -0.05) is 40.9 Å². The van der Waals surface area contributed by atoms with Gasteiger partial charge in [0, 0.05) is 22.6 Å². The number of carbonyl (C=O) groups excluding carboxylic acids is 1. The molecule has 0 aromatic heterocycles. The van der Waals surface area contributed by atoms with Crippen LogP contribution in [0.25, 0.3) is 6.08 Å². The fourth-order valence-electron chi connectivity index (χ4n) is 3.70. The summed E-state index contributed by atoms with van der Waals surface area (Å²) in [5, 5.41) is 0. The molecule has 2 aliphatic rings. The molecule has 0 spiro atoms. The van der Waals surface area contributed by atoms with E-state index in [1.54, 1.807) is 12.2 Å². The van der Waals surface area contributed by atoms with Gasteiger partial charge in [-0.3, -0.25) is 4.79 Å². The lowest BCUT2D eigenvalue weighted by atomic mass is 10.1. The molecule has 3 rings (SSSR count). The van der Waals surface area contributed by atoms with Crippen molar-refractivity contribution in [3.05, 3.63) is 40.4 Å². The number of nitrogens with zero attached hydrogens (tertiary/aromatic N) is 1. The largest absolute Gasteiger partial charge is 0.332 e. The molecule has 1 saturated heterocycles. The van der Waals surface area contributed by atoms with E-state index >= 15 is 0 Å². The maximum absolute atomic E-state index is 12.8. The van der Waals surface area contributed by atoms with Crippen LogP contribution in [0.15, 0.2) is 34.8 Å². The summed E-state index contributed by atoms with van der Waals surface area (Å²) in [6, 6.07) is 7.76. The van der Waals surface area contributed by atoms with Crippen LogP contribution < -0.4 is 0 Å². The van der Waals surface area contributed by atoms with Crippen LogP contribution in [-0.4, -0.2) is 42.8 Å². The molecule has 0 bridgehead atoms. The van der Waals surface area contributed by atoms with E-state index in [2.05, 4.69) is 15.9 Å². The Kier molecular flexibility index (Phi) is 5.45. The van der Waals surface area contributed by atoms with E-state index in [4.69, 9.17) is 0 Å². The van der Waals surface area contributed by atoms with Crippen molar-refractivity contribution in [1.82, 2.24) is 4.90 Å². The van der Waals surface area contributed by atoms with Crippen molar-refractivity contribution in [3.8, 4) is 0 Å². The van der Waals surface area contributed by atoms with Crippen molar-refractivity contribution in [1.29, 1.82) is 0 Å². The first-order valence-electron chi connectivity index (χ1n) is 8.41. The predicted octanol–water partition coefficient (Wildman–Crippen LogP) is 3.42. The van der Waals surface area contributed by atoms with Gasteiger partial charge in [-0.2, -0.15) is 0 Å². The van der Waals surface area contributed by atoms with Gasteiger partial charge in [-0.25, -0.2) is 8.42 Å². The van der Waals surface area contributed by atoms with E-state index in [0.717, 1.165) is 35.7 Å². The van der Waals surface area contributed by atoms with Gasteiger partial charge in [0.1, 0.15) is 0 Å². The lowest BCUT2D eigenvalue weighted by Gasteiger charge is -2.33. The third-order valence-corrected chi connectivity index (χ3v) is 7.08. The first-order chi connectivity index (χ1) is 11.4. The molecular formula is C18H22BrNO3S. The fraction of sp³-hybridized carbons (Fsp3) is 0.500. The third-order valence-electron chi connectivity index (χ3n) is 4.84. The summed E-state index contributed by atoms with van der Waals surface area (Å²) in [6.45, 7) is 0. The van der Waals surface area contributed by atoms with Gasteiger partial charge < -0.3 is 4.90 Å². The van der Waals surface area contributed by atoms with E-state index in [0.29, 0.717) is 6.42 Å². The summed E-state index contributed by atoms with van der Waals surface area (Å²) in [5.74, 6) is 0.243. The van der Waals surface area contributed by atoms with Crippen LogP contribution in [0.2, 0.25) is 0 Å². The van der Waals surface area contributed by atoms with Crippen LogP contribution in [0, 0.1) is 0 Å². The van der Waals surface area contributed by atoms with E-state index < -0.39 is 9.84 Å². The Hall–Kier alpha value is -1.14. The van der Waals surface area contributed by atoms with E-state index in [1.165, 1.54) is 0 Å². The van der Waals surface area contributed by atoms with Crippen molar-refractivity contribution in [2.75, 3.05) is 11.5 Å². The number of sulfone groups is 1. The van der Waals surface area contributed by atoms with Gasteiger partial charge in [0.05, 0.1) is 11.5 Å². The Labute approximate surface area is 152 Å². The molecule has 1 unspecified atom stereocenters. The third kappa shape index (κ3) is 4.28. The molecule has 1 aromatic rings. The number of benzene rings is 1. The van der Waals surface area contributed by atoms with Crippen LogP contribution >= 0.6 is 15.9 Å². The number of hydrogen-bond donors (Lipinski definition) is 0. The van der Waals surface area contributed by atoms with Crippen molar-refractivity contribution in [2.24, 2.45) is 0 Å². The molecule has 1 aliphatic heterocycles. The standard InChI is InChI=1S/C18H22BrNO3S/c19-15-5-3-4-14(12-15)8-9-18(21)20(16-6-1-2-7-16)17-10-11-24(22,23)13-17/h3-5,8-9,12,16-17H,1-2,6-7,10-11,13H2. The van der Waals surface area contributed by atoms with E-state index in [-0.39, 0.29) is 29.5 Å². The molecule has 24 heavy (non-hydrogen) atoms. The number of hydrogen-bond acceptors (Lipinski definition) is 3. The summed E-state index contributed by atoms with van der Waals surface area (Å²) < 4.78 is 24.6. The van der Waals surface area contributed by atoms with Gasteiger partial charge in [0.2, 0.25) is 5.91 Å². The Morgan fingerprint density at radius 2 is 1.92 bits per heavy atom. The Morgan fingerprint density at radius 3 is 2.54 bits per heavy atom. The van der Waals surface area contributed by atoms with Gasteiger partial charge in [0.25, 0.3) is 0 Å². The maximum atomic E-state index is 12.8. The molecule has 1 aliphatic carbocycles. The number of rotatable bonds is 4. The first kappa shape index (κ1) is 17.7. The normalized spacial score (nSPS) is 23.8. The topological polar surface area (TPSA) is 54.5 Å². The summed E-state index contributed by atoms with van der Waals surface area (Å²) >= 11 is 3.42. The Bertz CT molecular complexity index is 738. The molecule has 1 atom stereocenters. The summed E-state index contributed by atoms with van der Waals surface area (Å²) in [5.41, 5.74) is 0.947. The highest BCUT2D eigenvalue weighted by molar-refractivity contribution is 9.10. The molecule has 1 saturated carbocycles. The van der Waals surface area contributed by atoms with Gasteiger partial charge in [0.15, 0.2) is 9.84 Å². The number of carbonyl (C=O) groups is 1. The second-order valence-electron chi connectivity index (χ2n) is 6.63. The molecule has 1 heterocycles. The second kappa shape index (κ2) is 7.40. The number of halogens is 1. The quantitative estimate of drug-likeness (QED) is 0.713. The van der Waals surface area contributed by atoms with E-state index in [1.807, 2.05) is 29.2 Å². The van der Waals surface area contributed by atoms with E-state index in [9.17, 15) is 13.2 Å². The van der Waals surface area contributed by atoms with Crippen molar-refractivity contribution < 1.29 is 13.2 Å². The van der Waals surface area contributed by atoms with Crippen LogP contribution in [0.4, 0.5) is 0 Å². The zero-order valence-electron chi connectivity index (χ0n) is 13.5. The molecule has 0 N–H and O–H groups in total. The fourth-order valence-corrected chi connectivity index (χ4v) is 5.83. The van der Waals surface area contributed by atoms with Crippen molar-refractivity contribution >= 4 is 37.8 Å². The average molecular weight is 412 g/mol. The molecule has 6 heteroatoms. The van der Waals surface area contributed by atoms with Crippen molar-refractivity contribution in [3.63, 3.8) is 0 Å². The molecule has 1 amide bonds. The summed E-state index contributed by atoms with van der Waals surface area (Å²) in [7, 11) is -3.00. The highest BCUT2D eigenvalue weighted by Gasteiger charge is 2.38. The maximum Gasteiger partial charge on any atom is 0.247 e. The molecule has 130 valence electrons. The Morgan fingerprint density at radius 1 is 1.17 bits per heavy atom. The van der Waals surface area contributed by atoms with Gasteiger partial charge in [-0.15, -0.1) is 0 Å². The minimum atomic E-state index is -3.00. The van der Waals surface area contributed by atoms with Crippen LogP contribution in [0.1, 0.15) is 37.7 Å². The average Bonchev–Trinajstić information content (AvgIpc) is 3.16. The highest BCUT2D eigenvalue weighted by atomic mass is 79.9. The molecule has 4 nitrogen and oxygen atoms in total. The molecule has 0 radical (unpaired) electrons. The lowest BCUT2D eigenvalue weighted by molar-refractivity contribution is -0.130. The highest BCUT2D eigenvalue weighted by Crippen LogP contribution is 2.29. The first-order valence-corrected chi connectivity index (χ1v) is 11.0. The van der Waals surface area contributed by atoms with Crippen molar-refractivity contribution in [2.45, 2.75) is 44.2 Å². The van der Waals surface area contributed by atoms with Gasteiger partial charge in [-0.05, 0) is 43.0 Å². The summed E-state index contributed by atoms with van der Waals surface area (Å²) in [6.07, 6.45) is 8.14.